The fraction of sp³-hybridized carbons (Fsp3) is 0.269. The molecule has 1 aliphatic carbocycles. The molecule has 172 valence electrons. The largest absolute Gasteiger partial charge is 0.481 e. The summed E-state index contributed by atoms with van der Waals surface area (Å²) >= 11 is 1.77. The molecule has 0 fully saturated rings. The van der Waals surface area contributed by atoms with Gasteiger partial charge in [0.1, 0.15) is 10.6 Å². The number of hydrogen-bond donors (Lipinski definition) is 2. The highest BCUT2D eigenvalue weighted by Crippen LogP contribution is 2.40. The van der Waals surface area contributed by atoms with E-state index in [9.17, 15) is 4.79 Å². The first-order valence-electron chi connectivity index (χ1n) is 11.4. The van der Waals surface area contributed by atoms with E-state index in [1.165, 1.54) is 23.3 Å². The Morgan fingerprint density at radius 3 is 2.65 bits per heavy atom. The minimum Gasteiger partial charge on any atom is -0.481 e. The molecule has 0 unspecified atom stereocenters. The number of nitrogens with one attached hydrogen (secondary N) is 1. The highest BCUT2D eigenvalue weighted by molar-refractivity contribution is 7.19. The summed E-state index contributed by atoms with van der Waals surface area (Å²) in [5.41, 5.74) is 4.08. The van der Waals surface area contributed by atoms with Crippen molar-refractivity contribution in [1.29, 1.82) is 0 Å². The average molecular weight is 474 g/mol. The maximum Gasteiger partial charge on any atom is 0.307 e. The Kier molecular flexibility index (Phi) is 5.30. The summed E-state index contributed by atoms with van der Waals surface area (Å²) in [6.07, 6.45) is 4.55. The lowest BCUT2D eigenvalue weighted by Gasteiger charge is -2.14. The standard InChI is InChI=1S/C26H23N3O4S/c30-22(31)12-15-5-8-17(9-6-15)24-28-25(23-18-3-1-2-4-21(18)34-26(23)29-24)27-13-16-7-10-19-20(11-16)33-14-32-19/h5-11H,1-4,12-14H2,(H,30,31)(H,27,28,29). The van der Waals surface area contributed by atoms with Crippen LogP contribution in [-0.2, 0) is 30.6 Å². The molecule has 34 heavy (non-hydrogen) atoms. The molecule has 2 N–H and O–H groups in total. The maximum atomic E-state index is 11.0. The molecular weight excluding hydrogens is 450 g/mol. The third kappa shape index (κ3) is 3.94. The van der Waals surface area contributed by atoms with E-state index in [2.05, 4.69) is 5.32 Å². The molecule has 0 saturated heterocycles. The number of nitrogens with zero attached hydrogens (tertiary/aromatic N) is 2. The molecule has 0 bridgehead atoms. The van der Waals surface area contributed by atoms with Gasteiger partial charge in [0.25, 0.3) is 0 Å². The molecule has 0 saturated carbocycles. The summed E-state index contributed by atoms with van der Waals surface area (Å²) < 4.78 is 10.9. The lowest BCUT2D eigenvalue weighted by atomic mass is 9.97. The molecule has 0 radical (unpaired) electrons. The van der Waals surface area contributed by atoms with Gasteiger partial charge in [-0.15, -0.1) is 11.3 Å². The van der Waals surface area contributed by atoms with Crippen molar-refractivity contribution < 1.29 is 19.4 Å². The molecule has 7 nitrogen and oxygen atoms in total. The van der Waals surface area contributed by atoms with Crippen molar-refractivity contribution in [3.63, 3.8) is 0 Å². The predicted octanol–water partition coefficient (Wildman–Crippen LogP) is 5.21. The van der Waals surface area contributed by atoms with Gasteiger partial charge >= 0.3 is 5.97 Å². The van der Waals surface area contributed by atoms with Crippen LogP contribution in [0.5, 0.6) is 11.5 Å². The highest BCUT2D eigenvalue weighted by Gasteiger charge is 2.22. The van der Waals surface area contributed by atoms with Crippen molar-refractivity contribution in [2.45, 2.75) is 38.6 Å². The van der Waals surface area contributed by atoms with Crippen molar-refractivity contribution in [1.82, 2.24) is 9.97 Å². The third-order valence-corrected chi connectivity index (χ3v) is 7.46. The Hall–Kier alpha value is -3.65. The molecule has 2 aromatic carbocycles. The van der Waals surface area contributed by atoms with Crippen LogP contribution in [0, 0.1) is 0 Å². The summed E-state index contributed by atoms with van der Waals surface area (Å²) in [7, 11) is 0. The Morgan fingerprint density at radius 2 is 1.79 bits per heavy atom. The molecule has 0 atom stereocenters. The maximum absolute atomic E-state index is 11.0. The van der Waals surface area contributed by atoms with E-state index in [-0.39, 0.29) is 13.2 Å². The second kappa shape index (κ2) is 8.61. The molecular formula is C26H23N3O4S. The molecule has 8 heteroatoms. The number of fused-ring (bicyclic) bond motifs is 4. The zero-order chi connectivity index (χ0) is 23.1. The number of anilines is 1. The Morgan fingerprint density at radius 1 is 1.00 bits per heavy atom. The van der Waals surface area contributed by atoms with Crippen LogP contribution in [0.15, 0.2) is 42.5 Å². The number of aromatic nitrogens is 2. The van der Waals surface area contributed by atoms with Gasteiger partial charge in [0.05, 0.1) is 11.8 Å². The average Bonchev–Trinajstić information content (AvgIpc) is 3.46. The molecule has 3 heterocycles. The van der Waals surface area contributed by atoms with Gasteiger partial charge in [0.15, 0.2) is 17.3 Å². The SMILES string of the molecule is O=C(O)Cc1ccc(-c2nc(NCc3ccc4c(c3)OCO4)c3c4c(sc3n2)CCCC4)cc1. The molecule has 1 aliphatic heterocycles. The molecule has 6 rings (SSSR count). The van der Waals surface area contributed by atoms with Crippen molar-refractivity contribution in [2.75, 3.05) is 12.1 Å². The summed E-state index contributed by atoms with van der Waals surface area (Å²) in [4.78, 5) is 23.3. The normalized spacial score (nSPS) is 14.2. The fourth-order valence-corrected chi connectivity index (χ4v) is 5.86. The van der Waals surface area contributed by atoms with E-state index in [0.717, 1.165) is 57.1 Å². The van der Waals surface area contributed by atoms with Gasteiger partial charge in [-0.3, -0.25) is 4.79 Å². The van der Waals surface area contributed by atoms with Crippen molar-refractivity contribution in [3.05, 3.63) is 64.0 Å². The quantitative estimate of drug-likeness (QED) is 0.397. The number of hydrogen-bond acceptors (Lipinski definition) is 7. The van der Waals surface area contributed by atoms with Crippen LogP contribution < -0.4 is 14.8 Å². The number of benzene rings is 2. The Labute approximate surface area is 200 Å². The second-order valence-corrected chi connectivity index (χ2v) is 9.68. The van der Waals surface area contributed by atoms with E-state index < -0.39 is 5.97 Å². The van der Waals surface area contributed by atoms with E-state index in [1.807, 2.05) is 42.5 Å². The molecule has 4 aromatic rings. The third-order valence-electron chi connectivity index (χ3n) is 6.28. The van der Waals surface area contributed by atoms with Crippen LogP contribution in [0.4, 0.5) is 5.82 Å². The molecule has 2 aromatic heterocycles. The number of aliphatic carboxylic acids is 1. The smallest absolute Gasteiger partial charge is 0.307 e. The molecule has 2 aliphatic rings. The van der Waals surface area contributed by atoms with Crippen molar-refractivity contribution >= 4 is 33.3 Å². The van der Waals surface area contributed by atoms with Crippen LogP contribution in [0.3, 0.4) is 0 Å². The minimum absolute atomic E-state index is 0.000154. The first kappa shape index (κ1) is 20.9. The summed E-state index contributed by atoms with van der Waals surface area (Å²) in [5.74, 6) is 2.17. The topological polar surface area (TPSA) is 93.6 Å². The van der Waals surface area contributed by atoms with Gasteiger partial charge in [0, 0.05) is 17.0 Å². The summed E-state index contributed by atoms with van der Waals surface area (Å²) in [6, 6.07) is 13.4. The van der Waals surface area contributed by atoms with Gasteiger partial charge in [-0.2, -0.15) is 0 Å². The summed E-state index contributed by atoms with van der Waals surface area (Å²) in [6.45, 7) is 0.860. The minimum atomic E-state index is -0.843. The number of carbonyl (C=O) groups is 1. The van der Waals surface area contributed by atoms with Gasteiger partial charge in [-0.05, 0) is 54.5 Å². The van der Waals surface area contributed by atoms with Crippen molar-refractivity contribution in [2.24, 2.45) is 0 Å². The number of carboxylic acids is 1. The lowest BCUT2D eigenvalue weighted by molar-refractivity contribution is -0.136. The van der Waals surface area contributed by atoms with Gasteiger partial charge in [0.2, 0.25) is 6.79 Å². The van der Waals surface area contributed by atoms with Gasteiger partial charge in [-0.25, -0.2) is 9.97 Å². The number of carboxylic acid groups (broad SMARTS) is 1. The van der Waals surface area contributed by atoms with Crippen LogP contribution in [0.25, 0.3) is 21.6 Å². The highest BCUT2D eigenvalue weighted by atomic mass is 32.1. The molecule has 0 amide bonds. The first-order chi connectivity index (χ1) is 16.6. The predicted molar refractivity (Wildman–Crippen MR) is 131 cm³/mol. The number of ether oxygens (including phenoxy) is 2. The zero-order valence-corrected chi connectivity index (χ0v) is 19.3. The number of thiophene rings is 1. The van der Waals surface area contributed by atoms with Crippen LogP contribution in [0.1, 0.15) is 34.4 Å². The van der Waals surface area contributed by atoms with Crippen LogP contribution in [0.2, 0.25) is 0 Å². The second-order valence-electron chi connectivity index (χ2n) is 8.60. The van der Waals surface area contributed by atoms with E-state index in [1.54, 1.807) is 11.3 Å². The van der Waals surface area contributed by atoms with E-state index >= 15 is 0 Å². The number of rotatable bonds is 6. The van der Waals surface area contributed by atoms with Crippen molar-refractivity contribution in [3.8, 4) is 22.9 Å². The Bertz CT molecular complexity index is 1400. The van der Waals surface area contributed by atoms with Gasteiger partial charge < -0.3 is 19.9 Å². The monoisotopic (exact) mass is 473 g/mol. The first-order valence-corrected chi connectivity index (χ1v) is 12.2. The lowest BCUT2D eigenvalue weighted by Crippen LogP contribution is -2.06. The molecule has 0 spiro atoms. The number of aryl methyl sites for hydroxylation is 2. The van der Waals surface area contributed by atoms with Crippen LogP contribution >= 0.6 is 11.3 Å². The summed E-state index contributed by atoms with van der Waals surface area (Å²) in [5, 5.41) is 13.7. The Balaban J connectivity index is 1.37. The zero-order valence-electron chi connectivity index (χ0n) is 18.5. The van der Waals surface area contributed by atoms with Crippen LogP contribution in [-0.4, -0.2) is 27.8 Å². The fourth-order valence-electron chi connectivity index (χ4n) is 4.60. The van der Waals surface area contributed by atoms with E-state index in [4.69, 9.17) is 24.5 Å². The van der Waals surface area contributed by atoms with Gasteiger partial charge in [-0.1, -0.05) is 30.3 Å². The van der Waals surface area contributed by atoms with E-state index in [0.29, 0.717) is 12.4 Å².